The summed E-state index contributed by atoms with van der Waals surface area (Å²) in [4.78, 5) is 12.1. The van der Waals surface area contributed by atoms with E-state index in [4.69, 9.17) is 10.7 Å². The molecule has 1 aromatic rings. The summed E-state index contributed by atoms with van der Waals surface area (Å²) in [6.07, 6.45) is 7.59. The lowest BCUT2D eigenvalue weighted by molar-refractivity contribution is 0.0310. The molecule has 2 aliphatic heterocycles. The van der Waals surface area contributed by atoms with Gasteiger partial charge in [0.05, 0.1) is 6.61 Å². The summed E-state index contributed by atoms with van der Waals surface area (Å²) >= 11 is 1.37. The minimum Gasteiger partial charge on any atom is -0.304 e. The highest BCUT2D eigenvalue weighted by Crippen LogP contribution is 2.44. The number of halogens is 1. The lowest BCUT2D eigenvalue weighted by atomic mass is 9.82. The zero-order valence-electron chi connectivity index (χ0n) is 16.0. The maximum absolute atomic E-state index is 13.3. The Morgan fingerprint density at radius 1 is 1.46 bits per heavy atom. The third-order valence-electron chi connectivity index (χ3n) is 6.05. The van der Waals surface area contributed by atoms with E-state index >= 15 is 0 Å². The normalized spacial score (nSPS) is 27.1. The number of hydrogen-bond donors (Lipinski definition) is 1. The highest BCUT2D eigenvalue weighted by atomic mass is 32.2. The number of pyridine rings is 1. The molecular weight excluding hydrogens is 349 g/mol. The van der Waals surface area contributed by atoms with Crippen LogP contribution in [0.1, 0.15) is 50.8 Å². The predicted molar refractivity (Wildman–Crippen MR) is 105 cm³/mol. The van der Waals surface area contributed by atoms with Gasteiger partial charge in [-0.25, -0.2) is 5.90 Å². The minimum absolute atomic E-state index is 0.0276. The van der Waals surface area contributed by atoms with Gasteiger partial charge < -0.3 is 4.84 Å². The number of nitrogens with two attached hydrogens (primary N) is 1. The van der Waals surface area contributed by atoms with Gasteiger partial charge in [0.2, 0.25) is 0 Å². The van der Waals surface area contributed by atoms with Crippen LogP contribution in [-0.2, 0) is 10.4 Å². The molecule has 1 aromatic heterocycles. The van der Waals surface area contributed by atoms with Crippen molar-refractivity contribution in [2.75, 3.05) is 19.7 Å². The summed E-state index contributed by atoms with van der Waals surface area (Å²) in [7, 11) is 0. The molecule has 2 aliphatic rings. The second-order valence-corrected chi connectivity index (χ2v) is 9.54. The Balaban J connectivity index is 1.67. The molecular formula is C20H30FN3OS. The highest BCUT2D eigenvalue weighted by Gasteiger charge is 2.44. The van der Waals surface area contributed by atoms with Crippen molar-refractivity contribution < 1.29 is 9.23 Å². The average Bonchev–Trinajstić information content (AvgIpc) is 3.21. The van der Waals surface area contributed by atoms with Crippen molar-refractivity contribution in [1.82, 2.24) is 9.88 Å². The average molecular weight is 380 g/mol. The number of hydrogen-bond acceptors (Lipinski definition) is 5. The van der Waals surface area contributed by atoms with Crippen molar-refractivity contribution in [3.63, 3.8) is 0 Å². The fourth-order valence-electron chi connectivity index (χ4n) is 4.12. The number of nitrogens with zero attached hydrogens (tertiary/aromatic N) is 2. The summed E-state index contributed by atoms with van der Waals surface area (Å²) < 4.78 is 13.3. The molecule has 1 fully saturated rings. The van der Waals surface area contributed by atoms with Gasteiger partial charge in [-0.05, 0) is 70.7 Å². The van der Waals surface area contributed by atoms with Gasteiger partial charge in [-0.3, -0.25) is 9.88 Å². The molecule has 2 atom stereocenters. The summed E-state index contributed by atoms with van der Waals surface area (Å²) in [5, 5.41) is 0.327. The van der Waals surface area contributed by atoms with Crippen LogP contribution in [0.25, 0.3) is 0 Å². The Bertz CT molecular complexity index is 649. The zero-order chi connectivity index (χ0) is 18.8. The van der Waals surface area contributed by atoms with Gasteiger partial charge in [-0.1, -0.05) is 17.8 Å². The van der Waals surface area contributed by atoms with E-state index < -0.39 is 0 Å². The Morgan fingerprint density at radius 3 is 2.88 bits per heavy atom. The van der Waals surface area contributed by atoms with E-state index in [0.29, 0.717) is 11.9 Å². The summed E-state index contributed by atoms with van der Waals surface area (Å²) in [6, 6.07) is 4.24. The van der Waals surface area contributed by atoms with Gasteiger partial charge in [0.15, 0.2) is 5.16 Å². The van der Waals surface area contributed by atoms with Gasteiger partial charge in [0.25, 0.3) is 0 Å². The van der Waals surface area contributed by atoms with E-state index in [9.17, 15) is 4.39 Å². The fraction of sp³-hybridized carbons (Fsp3) is 0.650. The Kier molecular flexibility index (Phi) is 6.07. The number of aryl methyl sites for hydroxylation is 1. The smallest absolute Gasteiger partial charge is 0.152 e. The standard InChI is InChI=1S/C20H30FN3OS/c1-15-4-5-16(12-23-15)19(2,3)24-11-10-20(13-24,14-25-22)9-8-17-6-7-18(21)26-17/h4-5,7,12,17H,6,8-11,13-14,22H2,1-3H3. The molecule has 0 amide bonds. The van der Waals surface area contributed by atoms with Crippen LogP contribution in [0.3, 0.4) is 0 Å². The van der Waals surface area contributed by atoms with Crippen LogP contribution in [-0.4, -0.2) is 34.8 Å². The van der Waals surface area contributed by atoms with Crippen molar-refractivity contribution >= 4 is 11.8 Å². The van der Waals surface area contributed by atoms with Crippen LogP contribution < -0.4 is 5.90 Å². The van der Waals surface area contributed by atoms with E-state index in [1.807, 2.05) is 13.1 Å². The van der Waals surface area contributed by atoms with E-state index in [0.717, 1.165) is 44.5 Å². The van der Waals surface area contributed by atoms with Crippen LogP contribution in [0.15, 0.2) is 29.6 Å². The Morgan fingerprint density at radius 2 is 2.27 bits per heavy atom. The van der Waals surface area contributed by atoms with E-state index in [1.165, 1.54) is 17.3 Å². The van der Waals surface area contributed by atoms with Crippen LogP contribution in [0.4, 0.5) is 4.39 Å². The van der Waals surface area contributed by atoms with Crippen LogP contribution >= 0.6 is 11.8 Å². The zero-order valence-corrected chi connectivity index (χ0v) is 16.8. The maximum Gasteiger partial charge on any atom is 0.152 e. The summed E-state index contributed by atoms with van der Waals surface area (Å²) in [5.74, 6) is 5.48. The first kappa shape index (κ1) is 19.8. The Hall–Kier alpha value is -0.950. The lowest BCUT2D eigenvalue weighted by Crippen LogP contribution is -2.42. The van der Waals surface area contributed by atoms with Crippen LogP contribution in [0.5, 0.6) is 0 Å². The van der Waals surface area contributed by atoms with Gasteiger partial charge in [0, 0.05) is 34.6 Å². The first-order valence-electron chi connectivity index (χ1n) is 9.37. The third-order valence-corrected chi connectivity index (χ3v) is 7.21. The molecule has 2 N–H and O–H groups in total. The largest absolute Gasteiger partial charge is 0.304 e. The molecule has 1 saturated heterocycles. The number of rotatable bonds is 7. The molecule has 2 unspecified atom stereocenters. The Labute approximate surface area is 160 Å². The predicted octanol–water partition coefficient (Wildman–Crippen LogP) is 4.30. The van der Waals surface area contributed by atoms with Crippen LogP contribution in [0, 0.1) is 12.3 Å². The summed E-state index contributed by atoms with van der Waals surface area (Å²) in [5.41, 5.74) is 2.22. The van der Waals surface area contributed by atoms with Crippen LogP contribution in [0.2, 0.25) is 0 Å². The molecule has 0 saturated carbocycles. The third kappa shape index (κ3) is 4.30. The van der Waals surface area contributed by atoms with Crippen molar-refractivity contribution in [1.29, 1.82) is 0 Å². The van der Waals surface area contributed by atoms with Gasteiger partial charge >= 0.3 is 0 Å². The van der Waals surface area contributed by atoms with E-state index in [-0.39, 0.29) is 16.1 Å². The lowest BCUT2D eigenvalue weighted by Gasteiger charge is -2.38. The molecule has 3 heterocycles. The molecule has 0 spiro atoms. The van der Waals surface area contributed by atoms with Crippen molar-refractivity contribution in [3.8, 4) is 0 Å². The van der Waals surface area contributed by atoms with Crippen molar-refractivity contribution in [3.05, 3.63) is 40.8 Å². The highest BCUT2D eigenvalue weighted by molar-refractivity contribution is 8.03. The topological polar surface area (TPSA) is 51.4 Å². The fourth-order valence-corrected chi connectivity index (χ4v) is 5.06. The second kappa shape index (κ2) is 7.97. The monoisotopic (exact) mass is 379 g/mol. The number of allylic oxidation sites excluding steroid dienone is 1. The number of thioether (sulfide) groups is 1. The van der Waals surface area contributed by atoms with E-state index in [1.54, 1.807) is 6.08 Å². The van der Waals surface area contributed by atoms with Gasteiger partial charge in [-0.2, -0.15) is 4.39 Å². The summed E-state index contributed by atoms with van der Waals surface area (Å²) in [6.45, 7) is 9.02. The molecule has 0 radical (unpaired) electrons. The molecule has 144 valence electrons. The van der Waals surface area contributed by atoms with Gasteiger partial charge in [-0.15, -0.1) is 0 Å². The number of likely N-dealkylation sites (tertiary alicyclic amines) is 1. The van der Waals surface area contributed by atoms with Crippen molar-refractivity contribution in [2.45, 2.75) is 57.2 Å². The molecule has 4 nitrogen and oxygen atoms in total. The van der Waals surface area contributed by atoms with Gasteiger partial charge in [0.1, 0.15) is 0 Å². The second-order valence-electron chi connectivity index (χ2n) is 8.25. The molecule has 0 bridgehead atoms. The first-order chi connectivity index (χ1) is 12.3. The van der Waals surface area contributed by atoms with Crippen molar-refractivity contribution in [2.24, 2.45) is 11.3 Å². The van der Waals surface area contributed by atoms with E-state index in [2.05, 4.69) is 35.9 Å². The first-order valence-corrected chi connectivity index (χ1v) is 10.2. The quantitative estimate of drug-likeness (QED) is 0.716. The minimum atomic E-state index is -0.0905. The molecule has 26 heavy (non-hydrogen) atoms. The molecule has 6 heteroatoms. The molecule has 0 aliphatic carbocycles. The number of aromatic nitrogens is 1. The molecule has 3 rings (SSSR count). The SMILES string of the molecule is Cc1ccc(C(C)(C)N2CCC(CCC3CC=C(F)S3)(CON)C2)cn1. The molecule has 0 aromatic carbocycles. The maximum atomic E-state index is 13.3.